The predicted octanol–water partition coefficient (Wildman–Crippen LogP) is 3.44. The maximum Gasteiger partial charge on any atom is 0.155 e. The highest BCUT2D eigenvalue weighted by atomic mass is 15.1. The van der Waals surface area contributed by atoms with Crippen molar-refractivity contribution >= 4 is 17.3 Å². The van der Waals surface area contributed by atoms with Crippen LogP contribution in [-0.4, -0.2) is 16.5 Å². The zero-order chi connectivity index (χ0) is 15.9. The third kappa shape index (κ3) is 4.62. The van der Waals surface area contributed by atoms with Gasteiger partial charge in [-0.3, -0.25) is 0 Å². The van der Waals surface area contributed by atoms with E-state index in [1.165, 1.54) is 17.5 Å². The molecule has 118 valence electrons. The van der Waals surface area contributed by atoms with Crippen LogP contribution < -0.4 is 16.4 Å². The van der Waals surface area contributed by atoms with Crippen molar-refractivity contribution < 1.29 is 0 Å². The van der Waals surface area contributed by atoms with Gasteiger partial charge in [-0.1, -0.05) is 43.7 Å². The molecular weight excluding hydrogens is 274 g/mol. The van der Waals surface area contributed by atoms with Crippen molar-refractivity contribution in [2.24, 2.45) is 5.92 Å². The third-order valence-electron chi connectivity index (χ3n) is 3.48. The van der Waals surface area contributed by atoms with Gasteiger partial charge in [0.25, 0.3) is 0 Å². The Labute approximate surface area is 132 Å². The highest BCUT2D eigenvalue weighted by Crippen LogP contribution is 2.23. The molecule has 1 aromatic heterocycles. The van der Waals surface area contributed by atoms with E-state index in [9.17, 15) is 0 Å². The first kappa shape index (κ1) is 16.1. The topological polar surface area (TPSA) is 75.9 Å². The van der Waals surface area contributed by atoms with Gasteiger partial charge in [-0.25, -0.2) is 9.97 Å². The van der Waals surface area contributed by atoms with E-state index in [0.717, 1.165) is 13.0 Å². The Hall–Kier alpha value is -2.30. The molecule has 0 spiro atoms. The van der Waals surface area contributed by atoms with Gasteiger partial charge in [0.15, 0.2) is 11.6 Å². The van der Waals surface area contributed by atoms with E-state index in [1.807, 2.05) is 0 Å². The molecule has 0 radical (unpaired) electrons. The first-order valence-corrected chi connectivity index (χ1v) is 7.70. The fraction of sp³-hybridized carbons (Fsp3) is 0.412. The zero-order valence-electron chi connectivity index (χ0n) is 13.6. The Bertz CT molecular complexity index is 592. The number of benzene rings is 1. The number of nitrogen functional groups attached to an aromatic ring is 1. The van der Waals surface area contributed by atoms with E-state index in [1.54, 1.807) is 0 Å². The Balaban J connectivity index is 1.97. The van der Waals surface area contributed by atoms with Gasteiger partial charge in [0, 0.05) is 13.1 Å². The lowest BCUT2D eigenvalue weighted by Gasteiger charge is -2.13. The van der Waals surface area contributed by atoms with Gasteiger partial charge in [0.2, 0.25) is 0 Å². The molecule has 1 heterocycles. The van der Waals surface area contributed by atoms with Gasteiger partial charge in [-0.2, -0.15) is 0 Å². The first-order valence-electron chi connectivity index (χ1n) is 7.70. The van der Waals surface area contributed by atoms with Crippen molar-refractivity contribution in [3.05, 3.63) is 41.7 Å². The number of nitrogens with one attached hydrogen (secondary N) is 2. The van der Waals surface area contributed by atoms with E-state index in [4.69, 9.17) is 5.73 Å². The summed E-state index contributed by atoms with van der Waals surface area (Å²) in [5.74, 6) is 2.01. The molecular formula is C17H25N5. The average Bonchev–Trinajstić information content (AvgIpc) is 2.49. The molecule has 0 unspecified atom stereocenters. The first-order chi connectivity index (χ1) is 10.6. The molecule has 2 rings (SSSR count). The summed E-state index contributed by atoms with van der Waals surface area (Å²) in [6, 6.07) is 8.39. The van der Waals surface area contributed by atoms with Crippen LogP contribution in [0.1, 0.15) is 31.4 Å². The molecule has 0 saturated carbocycles. The fourth-order valence-electron chi connectivity index (χ4n) is 2.05. The van der Waals surface area contributed by atoms with Gasteiger partial charge < -0.3 is 16.4 Å². The molecule has 5 heteroatoms. The van der Waals surface area contributed by atoms with E-state index < -0.39 is 0 Å². The summed E-state index contributed by atoms with van der Waals surface area (Å²) < 4.78 is 0. The van der Waals surface area contributed by atoms with Gasteiger partial charge >= 0.3 is 0 Å². The van der Waals surface area contributed by atoms with Crippen LogP contribution in [0.5, 0.6) is 0 Å². The second-order valence-corrected chi connectivity index (χ2v) is 5.93. The quantitative estimate of drug-likeness (QED) is 0.730. The second kappa shape index (κ2) is 7.64. The normalized spacial score (nSPS) is 10.7. The lowest BCUT2D eigenvalue weighted by molar-refractivity contribution is 0.606. The van der Waals surface area contributed by atoms with Crippen LogP contribution in [0, 0.1) is 12.8 Å². The molecule has 0 atom stereocenters. The van der Waals surface area contributed by atoms with Crippen molar-refractivity contribution in [1.29, 1.82) is 0 Å². The summed E-state index contributed by atoms with van der Waals surface area (Å²) in [5, 5.41) is 6.55. The summed E-state index contributed by atoms with van der Waals surface area (Å²) in [6.45, 7) is 8.01. The summed E-state index contributed by atoms with van der Waals surface area (Å²) in [4.78, 5) is 8.44. The summed E-state index contributed by atoms with van der Waals surface area (Å²) in [6.07, 6.45) is 2.61. The van der Waals surface area contributed by atoms with Crippen molar-refractivity contribution in [1.82, 2.24) is 9.97 Å². The number of aromatic nitrogens is 2. The van der Waals surface area contributed by atoms with Crippen LogP contribution in [0.2, 0.25) is 0 Å². The van der Waals surface area contributed by atoms with Crippen LogP contribution in [0.3, 0.4) is 0 Å². The minimum atomic E-state index is 0.568. The SMILES string of the molecule is Cc1ccc(CNc2ncnc(NCCC(C)C)c2N)cc1. The Morgan fingerprint density at radius 2 is 1.68 bits per heavy atom. The third-order valence-corrected chi connectivity index (χ3v) is 3.48. The number of hydrogen-bond acceptors (Lipinski definition) is 5. The molecule has 5 nitrogen and oxygen atoms in total. The summed E-state index contributed by atoms with van der Waals surface area (Å²) in [5.41, 5.74) is 9.15. The summed E-state index contributed by atoms with van der Waals surface area (Å²) in [7, 11) is 0. The molecule has 22 heavy (non-hydrogen) atoms. The zero-order valence-corrected chi connectivity index (χ0v) is 13.6. The summed E-state index contributed by atoms with van der Waals surface area (Å²) >= 11 is 0. The Kier molecular flexibility index (Phi) is 5.58. The molecule has 0 amide bonds. The van der Waals surface area contributed by atoms with E-state index in [0.29, 0.717) is 29.8 Å². The van der Waals surface area contributed by atoms with Crippen molar-refractivity contribution in [3.63, 3.8) is 0 Å². The molecule has 1 aromatic carbocycles. The highest BCUT2D eigenvalue weighted by Gasteiger charge is 2.07. The standard InChI is InChI=1S/C17H25N5/c1-12(2)8-9-19-16-15(18)17(22-11-21-16)20-10-14-6-4-13(3)5-7-14/h4-7,11-12H,8-10,18H2,1-3H3,(H2,19,20,21,22). The van der Waals surface area contributed by atoms with E-state index in [2.05, 4.69) is 65.6 Å². The van der Waals surface area contributed by atoms with Crippen LogP contribution in [0.4, 0.5) is 17.3 Å². The maximum atomic E-state index is 6.14. The highest BCUT2D eigenvalue weighted by molar-refractivity contribution is 5.73. The molecule has 0 saturated heterocycles. The van der Waals surface area contributed by atoms with Crippen LogP contribution in [0.15, 0.2) is 30.6 Å². The van der Waals surface area contributed by atoms with Crippen molar-refractivity contribution in [2.75, 3.05) is 22.9 Å². The molecule has 2 aromatic rings. The average molecular weight is 299 g/mol. The van der Waals surface area contributed by atoms with Crippen LogP contribution in [-0.2, 0) is 6.54 Å². The number of nitrogens with zero attached hydrogens (tertiary/aromatic N) is 2. The monoisotopic (exact) mass is 299 g/mol. The van der Waals surface area contributed by atoms with Crippen LogP contribution in [0.25, 0.3) is 0 Å². The predicted molar refractivity (Wildman–Crippen MR) is 92.9 cm³/mol. The largest absolute Gasteiger partial charge is 0.393 e. The number of nitrogens with two attached hydrogens (primary N) is 1. The molecule has 0 aliphatic heterocycles. The molecule has 0 fully saturated rings. The number of anilines is 3. The second-order valence-electron chi connectivity index (χ2n) is 5.93. The molecule has 0 aliphatic rings. The fourth-order valence-corrected chi connectivity index (χ4v) is 2.05. The van der Waals surface area contributed by atoms with Crippen LogP contribution >= 0.6 is 0 Å². The number of aryl methyl sites for hydroxylation is 1. The minimum absolute atomic E-state index is 0.568. The van der Waals surface area contributed by atoms with Crippen molar-refractivity contribution in [2.45, 2.75) is 33.7 Å². The molecule has 0 bridgehead atoms. The lowest BCUT2D eigenvalue weighted by Crippen LogP contribution is -2.11. The number of rotatable bonds is 7. The Morgan fingerprint density at radius 3 is 2.32 bits per heavy atom. The van der Waals surface area contributed by atoms with Gasteiger partial charge in [-0.05, 0) is 24.8 Å². The number of hydrogen-bond donors (Lipinski definition) is 3. The molecule has 4 N–H and O–H groups in total. The van der Waals surface area contributed by atoms with Crippen molar-refractivity contribution in [3.8, 4) is 0 Å². The van der Waals surface area contributed by atoms with E-state index >= 15 is 0 Å². The van der Waals surface area contributed by atoms with E-state index in [-0.39, 0.29) is 0 Å². The van der Waals surface area contributed by atoms with Gasteiger partial charge in [0.1, 0.15) is 12.0 Å². The van der Waals surface area contributed by atoms with Gasteiger partial charge in [0.05, 0.1) is 0 Å². The van der Waals surface area contributed by atoms with Gasteiger partial charge in [-0.15, -0.1) is 0 Å². The minimum Gasteiger partial charge on any atom is -0.393 e. The molecule has 0 aliphatic carbocycles. The smallest absolute Gasteiger partial charge is 0.155 e. The lowest BCUT2D eigenvalue weighted by atomic mass is 10.1. The Morgan fingerprint density at radius 1 is 1.05 bits per heavy atom. The maximum absolute atomic E-state index is 6.14.